The molecular formula is C17H29N5O. The SMILES string of the molecule is CC(C)CCNC(=O)N1CCCCC1c1nncn1CC1CC1. The van der Waals surface area contributed by atoms with Crippen molar-refractivity contribution in [1.29, 1.82) is 0 Å². The molecule has 6 nitrogen and oxygen atoms in total. The summed E-state index contributed by atoms with van der Waals surface area (Å²) >= 11 is 0. The Balaban J connectivity index is 1.66. The molecule has 2 fully saturated rings. The van der Waals surface area contributed by atoms with Crippen molar-refractivity contribution in [2.24, 2.45) is 11.8 Å². The Hall–Kier alpha value is -1.59. The molecule has 1 aliphatic carbocycles. The Labute approximate surface area is 138 Å². The van der Waals surface area contributed by atoms with Gasteiger partial charge in [0.25, 0.3) is 0 Å². The highest BCUT2D eigenvalue weighted by molar-refractivity contribution is 5.74. The lowest BCUT2D eigenvalue weighted by atomic mass is 10.0. The average Bonchev–Trinajstić information content (AvgIpc) is 3.22. The Bertz CT molecular complexity index is 523. The van der Waals surface area contributed by atoms with E-state index >= 15 is 0 Å². The highest BCUT2D eigenvalue weighted by Gasteiger charge is 2.32. The summed E-state index contributed by atoms with van der Waals surface area (Å²) in [6.07, 6.45) is 8.67. The highest BCUT2D eigenvalue weighted by Crippen LogP contribution is 2.34. The number of nitrogens with zero attached hydrogens (tertiary/aromatic N) is 4. The molecule has 3 rings (SSSR count). The lowest BCUT2D eigenvalue weighted by molar-refractivity contribution is 0.145. The number of piperidine rings is 1. The second-order valence-corrected chi connectivity index (χ2v) is 7.40. The standard InChI is InChI=1S/C17H29N5O/c1-13(2)8-9-18-17(23)22-10-4-3-5-15(22)16-20-19-12-21(16)11-14-6-7-14/h12-15H,3-11H2,1-2H3,(H,18,23). The third-order valence-electron chi connectivity index (χ3n) is 4.86. The van der Waals surface area contributed by atoms with Crippen LogP contribution in [0.4, 0.5) is 4.79 Å². The topological polar surface area (TPSA) is 63.1 Å². The van der Waals surface area contributed by atoms with Crippen molar-refractivity contribution in [3.8, 4) is 0 Å². The Morgan fingerprint density at radius 2 is 2.17 bits per heavy atom. The fourth-order valence-corrected chi connectivity index (χ4v) is 3.25. The normalized spacial score (nSPS) is 21.7. The molecule has 23 heavy (non-hydrogen) atoms. The highest BCUT2D eigenvalue weighted by atomic mass is 16.2. The van der Waals surface area contributed by atoms with Crippen LogP contribution in [0, 0.1) is 11.8 Å². The van der Waals surface area contributed by atoms with Gasteiger partial charge in [0.05, 0.1) is 6.04 Å². The molecule has 1 aliphatic heterocycles. The fourth-order valence-electron chi connectivity index (χ4n) is 3.25. The second kappa shape index (κ2) is 7.32. The number of carbonyl (C=O) groups is 1. The molecule has 1 N–H and O–H groups in total. The van der Waals surface area contributed by atoms with Crippen LogP contribution in [-0.4, -0.2) is 38.8 Å². The molecule has 2 aliphatic rings. The van der Waals surface area contributed by atoms with Crippen molar-refractivity contribution in [3.05, 3.63) is 12.2 Å². The molecule has 1 unspecified atom stereocenters. The van der Waals surface area contributed by atoms with Gasteiger partial charge in [-0.05, 0) is 50.4 Å². The molecule has 0 radical (unpaired) electrons. The van der Waals surface area contributed by atoms with Crippen LogP contribution in [0.5, 0.6) is 0 Å². The average molecular weight is 319 g/mol. The maximum absolute atomic E-state index is 12.6. The van der Waals surface area contributed by atoms with Gasteiger partial charge in [0, 0.05) is 19.6 Å². The zero-order valence-corrected chi connectivity index (χ0v) is 14.4. The summed E-state index contributed by atoms with van der Waals surface area (Å²) < 4.78 is 2.17. The van der Waals surface area contributed by atoms with E-state index in [0.717, 1.165) is 57.1 Å². The molecular weight excluding hydrogens is 290 g/mol. The van der Waals surface area contributed by atoms with Crippen LogP contribution >= 0.6 is 0 Å². The zero-order valence-electron chi connectivity index (χ0n) is 14.4. The Kier molecular flexibility index (Phi) is 5.18. The van der Waals surface area contributed by atoms with Crippen LogP contribution in [-0.2, 0) is 6.54 Å². The largest absolute Gasteiger partial charge is 0.338 e. The van der Waals surface area contributed by atoms with Crippen LogP contribution < -0.4 is 5.32 Å². The van der Waals surface area contributed by atoms with Crippen molar-refractivity contribution in [2.45, 2.75) is 65.0 Å². The first-order chi connectivity index (χ1) is 11.1. The predicted octanol–water partition coefficient (Wildman–Crippen LogP) is 2.97. The first-order valence-electron chi connectivity index (χ1n) is 9.07. The van der Waals surface area contributed by atoms with E-state index < -0.39 is 0 Å². The maximum atomic E-state index is 12.6. The fraction of sp³-hybridized carbons (Fsp3) is 0.824. The third kappa shape index (κ3) is 4.24. The van der Waals surface area contributed by atoms with Crippen molar-refractivity contribution in [3.63, 3.8) is 0 Å². The zero-order chi connectivity index (χ0) is 16.2. The van der Waals surface area contributed by atoms with Crippen LogP contribution in [0.1, 0.15) is 64.2 Å². The predicted molar refractivity (Wildman–Crippen MR) is 88.9 cm³/mol. The van der Waals surface area contributed by atoms with E-state index in [1.807, 2.05) is 11.2 Å². The number of nitrogens with one attached hydrogen (secondary N) is 1. The van der Waals surface area contributed by atoms with Crippen LogP contribution in [0.2, 0.25) is 0 Å². The first-order valence-corrected chi connectivity index (χ1v) is 9.07. The van der Waals surface area contributed by atoms with Gasteiger partial charge in [0.1, 0.15) is 6.33 Å². The number of aromatic nitrogens is 3. The van der Waals surface area contributed by atoms with E-state index in [-0.39, 0.29) is 12.1 Å². The summed E-state index contributed by atoms with van der Waals surface area (Å²) in [5.74, 6) is 2.35. The van der Waals surface area contributed by atoms with Gasteiger partial charge >= 0.3 is 6.03 Å². The number of hydrogen-bond acceptors (Lipinski definition) is 3. The summed E-state index contributed by atoms with van der Waals surface area (Å²) in [6.45, 7) is 6.91. The van der Waals surface area contributed by atoms with E-state index in [4.69, 9.17) is 0 Å². The van der Waals surface area contributed by atoms with E-state index in [0.29, 0.717) is 5.92 Å². The quantitative estimate of drug-likeness (QED) is 0.877. The summed E-state index contributed by atoms with van der Waals surface area (Å²) in [6, 6.07) is 0.125. The molecule has 1 atom stereocenters. The molecule has 1 aromatic rings. The minimum Gasteiger partial charge on any atom is -0.338 e. The second-order valence-electron chi connectivity index (χ2n) is 7.40. The molecule has 2 amide bonds. The molecule has 2 heterocycles. The van der Waals surface area contributed by atoms with Gasteiger partial charge in [-0.2, -0.15) is 0 Å². The Morgan fingerprint density at radius 3 is 2.91 bits per heavy atom. The van der Waals surface area contributed by atoms with Crippen molar-refractivity contribution in [1.82, 2.24) is 25.0 Å². The van der Waals surface area contributed by atoms with Crippen molar-refractivity contribution < 1.29 is 4.79 Å². The van der Waals surface area contributed by atoms with Gasteiger partial charge in [-0.15, -0.1) is 10.2 Å². The van der Waals surface area contributed by atoms with E-state index in [9.17, 15) is 4.79 Å². The Morgan fingerprint density at radius 1 is 1.35 bits per heavy atom. The molecule has 1 saturated carbocycles. The van der Waals surface area contributed by atoms with Gasteiger partial charge in [0.15, 0.2) is 5.82 Å². The lowest BCUT2D eigenvalue weighted by Crippen LogP contribution is -2.45. The summed E-state index contributed by atoms with van der Waals surface area (Å²) in [4.78, 5) is 14.6. The smallest absolute Gasteiger partial charge is 0.318 e. The van der Waals surface area contributed by atoms with E-state index in [1.54, 1.807) is 0 Å². The number of carbonyl (C=O) groups excluding carboxylic acids is 1. The van der Waals surface area contributed by atoms with Crippen LogP contribution in [0.25, 0.3) is 0 Å². The molecule has 1 saturated heterocycles. The van der Waals surface area contributed by atoms with Crippen molar-refractivity contribution >= 4 is 6.03 Å². The first kappa shape index (κ1) is 16.3. The van der Waals surface area contributed by atoms with E-state index in [1.165, 1.54) is 12.8 Å². The van der Waals surface area contributed by atoms with Gasteiger partial charge in [-0.25, -0.2) is 4.79 Å². The van der Waals surface area contributed by atoms with Gasteiger partial charge < -0.3 is 14.8 Å². The monoisotopic (exact) mass is 319 g/mol. The number of rotatable bonds is 6. The third-order valence-corrected chi connectivity index (χ3v) is 4.86. The van der Waals surface area contributed by atoms with Crippen molar-refractivity contribution in [2.75, 3.05) is 13.1 Å². The van der Waals surface area contributed by atoms with Crippen LogP contribution in [0.15, 0.2) is 6.33 Å². The minimum absolute atomic E-state index is 0.0521. The van der Waals surface area contributed by atoms with Gasteiger partial charge in [-0.3, -0.25) is 0 Å². The minimum atomic E-state index is 0.0521. The summed E-state index contributed by atoms with van der Waals surface area (Å²) in [7, 11) is 0. The molecule has 6 heteroatoms. The van der Waals surface area contributed by atoms with E-state index in [2.05, 4.69) is 33.9 Å². The molecule has 0 aromatic carbocycles. The van der Waals surface area contributed by atoms with Gasteiger partial charge in [0.2, 0.25) is 0 Å². The number of amides is 2. The van der Waals surface area contributed by atoms with Gasteiger partial charge in [-0.1, -0.05) is 13.8 Å². The molecule has 0 bridgehead atoms. The maximum Gasteiger partial charge on any atom is 0.318 e. The molecule has 128 valence electrons. The summed E-state index contributed by atoms with van der Waals surface area (Å²) in [5.41, 5.74) is 0. The number of urea groups is 1. The molecule has 1 aromatic heterocycles. The lowest BCUT2D eigenvalue weighted by Gasteiger charge is -2.35. The summed E-state index contributed by atoms with van der Waals surface area (Å²) in [5, 5.41) is 11.5. The van der Waals surface area contributed by atoms with Crippen LogP contribution in [0.3, 0.4) is 0 Å². The number of hydrogen-bond donors (Lipinski definition) is 1. The number of likely N-dealkylation sites (tertiary alicyclic amines) is 1. The molecule has 0 spiro atoms.